The Morgan fingerprint density at radius 1 is 1.24 bits per heavy atom. The first-order valence-electron chi connectivity index (χ1n) is 7.09. The molecule has 0 bridgehead atoms. The Morgan fingerprint density at radius 2 is 1.95 bits per heavy atom. The van der Waals surface area contributed by atoms with E-state index in [1.165, 1.54) is 6.42 Å². The zero-order valence-corrected chi connectivity index (χ0v) is 14.0. The van der Waals surface area contributed by atoms with Crippen LogP contribution < -0.4 is 5.32 Å². The minimum atomic E-state index is -0.212. The standard InChI is InChI=1S/C15H18BrClN2O2/c16-12-5-4-11(10-13(12)17)15(21)18-7-6-14(20)19-8-2-1-3-9-19/h4-5,10H,1-3,6-9H2,(H,18,21). The molecule has 0 atom stereocenters. The summed E-state index contributed by atoms with van der Waals surface area (Å²) >= 11 is 9.24. The fraction of sp³-hybridized carbons (Fsp3) is 0.467. The first kappa shape index (κ1) is 16.3. The lowest BCUT2D eigenvalue weighted by Gasteiger charge is -2.26. The van der Waals surface area contributed by atoms with Crippen molar-refractivity contribution in [2.75, 3.05) is 19.6 Å². The Kier molecular flexibility index (Phi) is 6.06. The number of piperidine rings is 1. The molecular formula is C15H18BrClN2O2. The summed E-state index contributed by atoms with van der Waals surface area (Å²) in [5, 5.41) is 3.25. The van der Waals surface area contributed by atoms with Gasteiger partial charge in [0.05, 0.1) is 5.02 Å². The summed E-state index contributed by atoms with van der Waals surface area (Å²) in [6, 6.07) is 5.03. The summed E-state index contributed by atoms with van der Waals surface area (Å²) in [6.07, 6.45) is 3.70. The van der Waals surface area contributed by atoms with Gasteiger partial charge in [0.1, 0.15) is 0 Å². The molecule has 1 saturated heterocycles. The van der Waals surface area contributed by atoms with E-state index in [-0.39, 0.29) is 11.8 Å². The van der Waals surface area contributed by atoms with Crippen molar-refractivity contribution in [3.63, 3.8) is 0 Å². The van der Waals surface area contributed by atoms with Crippen molar-refractivity contribution in [3.05, 3.63) is 33.3 Å². The van der Waals surface area contributed by atoms with Crippen LogP contribution in [-0.2, 0) is 4.79 Å². The van der Waals surface area contributed by atoms with Crippen molar-refractivity contribution in [2.45, 2.75) is 25.7 Å². The van der Waals surface area contributed by atoms with Gasteiger partial charge in [0.15, 0.2) is 0 Å². The molecule has 1 aromatic carbocycles. The molecule has 4 nitrogen and oxygen atoms in total. The van der Waals surface area contributed by atoms with Gasteiger partial charge in [-0.05, 0) is 53.4 Å². The Bertz CT molecular complexity index is 530. The van der Waals surface area contributed by atoms with Crippen molar-refractivity contribution in [1.29, 1.82) is 0 Å². The van der Waals surface area contributed by atoms with E-state index >= 15 is 0 Å². The minimum absolute atomic E-state index is 0.115. The van der Waals surface area contributed by atoms with Crippen LogP contribution in [0.2, 0.25) is 5.02 Å². The first-order chi connectivity index (χ1) is 10.1. The molecule has 0 unspecified atom stereocenters. The molecule has 1 N–H and O–H groups in total. The highest BCUT2D eigenvalue weighted by molar-refractivity contribution is 9.10. The fourth-order valence-electron chi connectivity index (χ4n) is 2.32. The third-order valence-electron chi connectivity index (χ3n) is 3.51. The van der Waals surface area contributed by atoms with E-state index in [0.717, 1.165) is 30.4 Å². The van der Waals surface area contributed by atoms with Crippen LogP contribution in [0.4, 0.5) is 0 Å². The molecule has 1 aliphatic heterocycles. The van der Waals surface area contributed by atoms with Gasteiger partial charge in [-0.15, -0.1) is 0 Å². The number of nitrogens with one attached hydrogen (secondary N) is 1. The second-order valence-electron chi connectivity index (χ2n) is 5.08. The zero-order chi connectivity index (χ0) is 15.2. The van der Waals surface area contributed by atoms with E-state index in [1.807, 2.05) is 4.90 Å². The van der Waals surface area contributed by atoms with E-state index in [0.29, 0.717) is 23.6 Å². The molecular weight excluding hydrogens is 356 g/mol. The van der Waals surface area contributed by atoms with Gasteiger partial charge in [0.25, 0.3) is 5.91 Å². The van der Waals surface area contributed by atoms with E-state index in [9.17, 15) is 9.59 Å². The maximum absolute atomic E-state index is 12.0. The van der Waals surface area contributed by atoms with Gasteiger partial charge < -0.3 is 10.2 Å². The van der Waals surface area contributed by atoms with Crippen LogP contribution in [0, 0.1) is 0 Å². The number of halogens is 2. The lowest BCUT2D eigenvalue weighted by atomic mass is 10.1. The summed E-state index contributed by atoms with van der Waals surface area (Å²) in [5.74, 6) is -0.0975. The number of rotatable bonds is 4. The van der Waals surface area contributed by atoms with Crippen LogP contribution in [0.5, 0.6) is 0 Å². The molecule has 6 heteroatoms. The lowest BCUT2D eigenvalue weighted by Crippen LogP contribution is -2.37. The maximum Gasteiger partial charge on any atom is 0.251 e. The van der Waals surface area contributed by atoms with E-state index < -0.39 is 0 Å². The molecule has 21 heavy (non-hydrogen) atoms. The van der Waals surface area contributed by atoms with Gasteiger partial charge in [-0.3, -0.25) is 9.59 Å². The Hall–Kier alpha value is -1.07. The second-order valence-corrected chi connectivity index (χ2v) is 6.34. The monoisotopic (exact) mass is 372 g/mol. The molecule has 1 fully saturated rings. The van der Waals surface area contributed by atoms with Crippen molar-refractivity contribution in [1.82, 2.24) is 10.2 Å². The molecule has 0 radical (unpaired) electrons. The van der Waals surface area contributed by atoms with Crippen LogP contribution in [0.25, 0.3) is 0 Å². The summed E-state index contributed by atoms with van der Waals surface area (Å²) in [5.41, 5.74) is 0.494. The number of likely N-dealkylation sites (tertiary alicyclic amines) is 1. The van der Waals surface area contributed by atoms with Gasteiger partial charge in [0.2, 0.25) is 5.91 Å². The predicted molar refractivity (Wildman–Crippen MR) is 86.5 cm³/mol. The van der Waals surface area contributed by atoms with Gasteiger partial charge in [-0.25, -0.2) is 0 Å². The molecule has 1 aromatic rings. The normalized spacial score (nSPS) is 14.9. The fourth-order valence-corrected chi connectivity index (χ4v) is 2.75. The van der Waals surface area contributed by atoms with Gasteiger partial charge in [-0.2, -0.15) is 0 Å². The summed E-state index contributed by atoms with van der Waals surface area (Å²) in [4.78, 5) is 25.8. The topological polar surface area (TPSA) is 49.4 Å². The van der Waals surface area contributed by atoms with Crippen LogP contribution in [-0.4, -0.2) is 36.3 Å². The molecule has 1 aliphatic rings. The smallest absolute Gasteiger partial charge is 0.251 e. The maximum atomic E-state index is 12.0. The Balaban J connectivity index is 1.78. The Labute approximate surface area is 138 Å². The number of hydrogen-bond acceptors (Lipinski definition) is 2. The number of nitrogens with zero attached hydrogens (tertiary/aromatic N) is 1. The van der Waals surface area contributed by atoms with Crippen LogP contribution in [0.15, 0.2) is 22.7 Å². The Morgan fingerprint density at radius 3 is 2.62 bits per heavy atom. The predicted octanol–water partition coefficient (Wildman–Crippen LogP) is 3.23. The van der Waals surface area contributed by atoms with Gasteiger partial charge in [0, 0.05) is 36.1 Å². The van der Waals surface area contributed by atoms with Crippen molar-refractivity contribution >= 4 is 39.3 Å². The molecule has 0 spiro atoms. The molecule has 1 heterocycles. The largest absolute Gasteiger partial charge is 0.352 e. The SMILES string of the molecule is O=C(NCCC(=O)N1CCCCC1)c1ccc(Br)c(Cl)c1. The van der Waals surface area contributed by atoms with E-state index in [2.05, 4.69) is 21.2 Å². The molecule has 0 aliphatic carbocycles. The van der Waals surface area contributed by atoms with E-state index in [4.69, 9.17) is 11.6 Å². The van der Waals surface area contributed by atoms with Gasteiger partial charge in [-0.1, -0.05) is 11.6 Å². The molecule has 0 aromatic heterocycles. The molecule has 114 valence electrons. The minimum Gasteiger partial charge on any atom is -0.352 e. The average Bonchev–Trinajstić information content (AvgIpc) is 2.50. The first-order valence-corrected chi connectivity index (χ1v) is 8.26. The number of carbonyl (C=O) groups excluding carboxylic acids is 2. The van der Waals surface area contributed by atoms with Crippen LogP contribution in [0.1, 0.15) is 36.0 Å². The number of hydrogen-bond donors (Lipinski definition) is 1. The molecule has 2 rings (SSSR count). The highest BCUT2D eigenvalue weighted by Gasteiger charge is 2.16. The second kappa shape index (κ2) is 7.80. The third kappa shape index (κ3) is 4.71. The number of amides is 2. The van der Waals surface area contributed by atoms with E-state index in [1.54, 1.807) is 18.2 Å². The van der Waals surface area contributed by atoms with Crippen molar-refractivity contribution in [3.8, 4) is 0 Å². The average molecular weight is 374 g/mol. The zero-order valence-electron chi connectivity index (χ0n) is 11.7. The molecule has 2 amide bonds. The van der Waals surface area contributed by atoms with Crippen molar-refractivity contribution in [2.24, 2.45) is 0 Å². The highest BCUT2D eigenvalue weighted by Crippen LogP contribution is 2.23. The summed E-state index contributed by atoms with van der Waals surface area (Å²) in [7, 11) is 0. The van der Waals surface area contributed by atoms with Gasteiger partial charge >= 0.3 is 0 Å². The summed E-state index contributed by atoms with van der Waals surface area (Å²) < 4.78 is 0.751. The van der Waals surface area contributed by atoms with Crippen LogP contribution >= 0.6 is 27.5 Å². The molecule has 0 saturated carbocycles. The lowest BCUT2D eigenvalue weighted by molar-refractivity contribution is -0.131. The quantitative estimate of drug-likeness (QED) is 0.881. The number of carbonyl (C=O) groups is 2. The number of benzene rings is 1. The summed E-state index contributed by atoms with van der Waals surface area (Å²) in [6.45, 7) is 2.03. The van der Waals surface area contributed by atoms with Crippen LogP contribution in [0.3, 0.4) is 0 Å². The third-order valence-corrected chi connectivity index (χ3v) is 4.75. The highest BCUT2D eigenvalue weighted by atomic mass is 79.9. The van der Waals surface area contributed by atoms with Crippen molar-refractivity contribution < 1.29 is 9.59 Å².